The van der Waals surface area contributed by atoms with Crippen LogP contribution in [0.25, 0.3) is 0 Å². The van der Waals surface area contributed by atoms with Crippen LogP contribution in [0.2, 0.25) is 0 Å². The number of carbonyl (C=O) groups is 1. The summed E-state index contributed by atoms with van der Waals surface area (Å²) in [5.41, 5.74) is 0. The van der Waals surface area contributed by atoms with Gasteiger partial charge in [-0.05, 0) is 6.42 Å². The molecule has 0 saturated heterocycles. The first kappa shape index (κ1) is 18.3. The molecule has 0 aliphatic carbocycles. The molecule has 0 aliphatic rings. The Morgan fingerprint density at radius 3 is 1.84 bits per heavy atom. The molecule has 0 rings (SSSR count). The highest BCUT2D eigenvalue weighted by atomic mass is 19.3. The van der Waals surface area contributed by atoms with Crippen LogP contribution in [0.5, 0.6) is 0 Å². The summed E-state index contributed by atoms with van der Waals surface area (Å²) in [7, 11) is 0. The van der Waals surface area contributed by atoms with Gasteiger partial charge in [0.1, 0.15) is 6.10 Å². The Kier molecular flexibility index (Phi) is 9.74. The largest absolute Gasteiger partial charge is 0.477 e. The SMILES string of the molecule is CCCCCCCCCCCC(O)C(F)(F)C(=O)O. The smallest absolute Gasteiger partial charge is 0.377 e. The van der Waals surface area contributed by atoms with Crippen molar-refractivity contribution in [2.75, 3.05) is 0 Å². The molecule has 0 spiro atoms. The van der Waals surface area contributed by atoms with Gasteiger partial charge in [0, 0.05) is 0 Å². The van der Waals surface area contributed by atoms with Crippen molar-refractivity contribution in [1.29, 1.82) is 0 Å². The lowest BCUT2D eigenvalue weighted by Gasteiger charge is -2.17. The third-order valence-corrected chi connectivity index (χ3v) is 3.28. The van der Waals surface area contributed by atoms with Crippen LogP contribution in [0, 0.1) is 0 Å². The number of aliphatic hydroxyl groups excluding tert-OH is 1. The number of alkyl halides is 2. The molecule has 0 heterocycles. The lowest BCUT2D eigenvalue weighted by molar-refractivity contribution is -0.182. The Morgan fingerprint density at radius 1 is 1.00 bits per heavy atom. The summed E-state index contributed by atoms with van der Waals surface area (Å²) in [4.78, 5) is 10.2. The Balaban J connectivity index is 3.47. The molecule has 0 aromatic carbocycles. The number of carboxylic acid groups (broad SMARTS) is 1. The summed E-state index contributed by atoms with van der Waals surface area (Å²) in [5, 5.41) is 17.4. The first-order valence-electron chi connectivity index (χ1n) is 7.22. The van der Waals surface area contributed by atoms with Gasteiger partial charge >= 0.3 is 11.9 Å². The van der Waals surface area contributed by atoms with Crippen molar-refractivity contribution in [2.24, 2.45) is 0 Å². The van der Waals surface area contributed by atoms with E-state index in [0.29, 0.717) is 6.42 Å². The second-order valence-corrected chi connectivity index (χ2v) is 5.06. The van der Waals surface area contributed by atoms with E-state index in [1.54, 1.807) is 0 Å². The van der Waals surface area contributed by atoms with Crippen molar-refractivity contribution in [3.05, 3.63) is 0 Å². The summed E-state index contributed by atoms with van der Waals surface area (Å²) >= 11 is 0. The molecular formula is C14H26F2O3. The molecule has 2 N–H and O–H groups in total. The van der Waals surface area contributed by atoms with E-state index < -0.39 is 18.0 Å². The van der Waals surface area contributed by atoms with E-state index in [1.807, 2.05) is 0 Å². The first-order chi connectivity index (χ1) is 8.92. The van der Waals surface area contributed by atoms with Crippen LogP contribution >= 0.6 is 0 Å². The molecule has 0 aliphatic heterocycles. The summed E-state index contributed by atoms with van der Waals surface area (Å²) in [5.74, 6) is -6.28. The summed E-state index contributed by atoms with van der Waals surface area (Å²) in [6, 6.07) is 0. The van der Waals surface area contributed by atoms with Crippen LogP contribution in [-0.4, -0.2) is 28.2 Å². The maximum Gasteiger partial charge on any atom is 0.377 e. The molecule has 0 bridgehead atoms. The molecule has 0 fully saturated rings. The van der Waals surface area contributed by atoms with E-state index in [2.05, 4.69) is 6.92 Å². The van der Waals surface area contributed by atoms with Crippen LogP contribution in [0.15, 0.2) is 0 Å². The molecule has 0 aromatic heterocycles. The Morgan fingerprint density at radius 2 is 1.42 bits per heavy atom. The van der Waals surface area contributed by atoms with Crippen molar-refractivity contribution in [2.45, 2.75) is 83.2 Å². The summed E-state index contributed by atoms with van der Waals surface area (Å²) in [6.45, 7) is 2.16. The van der Waals surface area contributed by atoms with Gasteiger partial charge in [0.15, 0.2) is 0 Å². The van der Waals surface area contributed by atoms with Crippen LogP contribution in [0.1, 0.15) is 71.1 Å². The standard InChI is InChI=1S/C14H26F2O3/c1-2-3-4-5-6-7-8-9-10-11-12(17)14(15,16)13(18)19/h12,17H,2-11H2,1H3,(H,18,19). The minimum Gasteiger partial charge on any atom is -0.477 e. The normalized spacial score (nSPS) is 13.5. The fraction of sp³-hybridized carbons (Fsp3) is 0.929. The highest BCUT2D eigenvalue weighted by molar-refractivity contribution is 5.76. The minimum atomic E-state index is -4.03. The van der Waals surface area contributed by atoms with E-state index in [4.69, 9.17) is 10.2 Å². The number of carboxylic acids is 1. The van der Waals surface area contributed by atoms with Gasteiger partial charge < -0.3 is 10.2 Å². The van der Waals surface area contributed by atoms with Crippen LogP contribution in [-0.2, 0) is 4.79 Å². The van der Waals surface area contributed by atoms with Gasteiger partial charge in [0.05, 0.1) is 0 Å². The van der Waals surface area contributed by atoms with Crippen LogP contribution in [0.4, 0.5) is 8.78 Å². The Hall–Kier alpha value is -0.710. The van der Waals surface area contributed by atoms with E-state index >= 15 is 0 Å². The molecule has 0 aromatic rings. The van der Waals surface area contributed by atoms with Crippen molar-refractivity contribution in [3.8, 4) is 0 Å². The van der Waals surface area contributed by atoms with Crippen molar-refractivity contribution in [1.82, 2.24) is 0 Å². The monoisotopic (exact) mass is 280 g/mol. The van der Waals surface area contributed by atoms with Gasteiger partial charge in [-0.3, -0.25) is 0 Å². The highest BCUT2D eigenvalue weighted by Crippen LogP contribution is 2.23. The van der Waals surface area contributed by atoms with Gasteiger partial charge in [0.2, 0.25) is 0 Å². The van der Waals surface area contributed by atoms with Gasteiger partial charge in [-0.1, -0.05) is 64.7 Å². The molecule has 3 nitrogen and oxygen atoms in total. The number of hydrogen-bond acceptors (Lipinski definition) is 2. The fourth-order valence-electron chi connectivity index (χ4n) is 1.97. The predicted octanol–water partition coefficient (Wildman–Crippen LogP) is 3.99. The van der Waals surface area contributed by atoms with Crippen LogP contribution < -0.4 is 0 Å². The number of hydrogen-bond donors (Lipinski definition) is 2. The first-order valence-corrected chi connectivity index (χ1v) is 7.22. The summed E-state index contributed by atoms with van der Waals surface area (Å²) in [6.07, 6.45) is 7.11. The molecule has 0 saturated carbocycles. The fourth-order valence-corrected chi connectivity index (χ4v) is 1.97. The van der Waals surface area contributed by atoms with E-state index in [0.717, 1.165) is 25.7 Å². The number of unbranched alkanes of at least 4 members (excludes halogenated alkanes) is 8. The van der Waals surface area contributed by atoms with E-state index in [1.165, 1.54) is 25.7 Å². The quantitative estimate of drug-likeness (QED) is 0.531. The zero-order chi connectivity index (χ0) is 14.7. The zero-order valence-electron chi connectivity index (χ0n) is 11.7. The molecule has 1 unspecified atom stereocenters. The second kappa shape index (κ2) is 10.1. The minimum absolute atomic E-state index is 0.158. The number of aliphatic carboxylic acids is 1. The zero-order valence-corrected chi connectivity index (χ0v) is 11.7. The van der Waals surface area contributed by atoms with Crippen molar-refractivity contribution >= 4 is 5.97 Å². The molecule has 19 heavy (non-hydrogen) atoms. The highest BCUT2D eigenvalue weighted by Gasteiger charge is 2.46. The van der Waals surface area contributed by atoms with Gasteiger partial charge in [-0.2, -0.15) is 8.78 Å². The molecule has 0 radical (unpaired) electrons. The third-order valence-electron chi connectivity index (χ3n) is 3.28. The van der Waals surface area contributed by atoms with E-state index in [-0.39, 0.29) is 6.42 Å². The predicted molar refractivity (Wildman–Crippen MR) is 70.4 cm³/mol. The number of aliphatic hydroxyl groups is 1. The number of rotatable bonds is 12. The molecule has 114 valence electrons. The van der Waals surface area contributed by atoms with Gasteiger partial charge in [-0.15, -0.1) is 0 Å². The summed E-state index contributed by atoms with van der Waals surface area (Å²) < 4.78 is 25.7. The van der Waals surface area contributed by atoms with Crippen molar-refractivity contribution in [3.63, 3.8) is 0 Å². The average molecular weight is 280 g/mol. The second-order valence-electron chi connectivity index (χ2n) is 5.06. The Bertz CT molecular complexity index is 245. The van der Waals surface area contributed by atoms with Gasteiger partial charge in [0.25, 0.3) is 0 Å². The van der Waals surface area contributed by atoms with Crippen LogP contribution in [0.3, 0.4) is 0 Å². The van der Waals surface area contributed by atoms with Gasteiger partial charge in [-0.25, -0.2) is 4.79 Å². The molecular weight excluding hydrogens is 254 g/mol. The molecule has 1 atom stereocenters. The van der Waals surface area contributed by atoms with Crippen molar-refractivity contribution < 1.29 is 23.8 Å². The lowest BCUT2D eigenvalue weighted by Crippen LogP contribution is -2.41. The maximum atomic E-state index is 12.8. The topological polar surface area (TPSA) is 57.5 Å². The molecule has 0 amide bonds. The Labute approximate surface area is 114 Å². The average Bonchev–Trinajstić information content (AvgIpc) is 2.36. The molecule has 5 heteroatoms. The maximum absolute atomic E-state index is 12.8. The third kappa shape index (κ3) is 8.14. The lowest BCUT2D eigenvalue weighted by atomic mass is 10.0. The van der Waals surface area contributed by atoms with E-state index in [9.17, 15) is 13.6 Å². The number of halogens is 2.